The van der Waals surface area contributed by atoms with E-state index in [0.717, 1.165) is 0 Å². The van der Waals surface area contributed by atoms with Gasteiger partial charge in [-0.15, -0.1) is 0 Å². The van der Waals surface area contributed by atoms with Crippen molar-refractivity contribution in [3.05, 3.63) is 18.2 Å². The van der Waals surface area contributed by atoms with Crippen LogP contribution in [0.5, 0.6) is 0 Å². The van der Waals surface area contributed by atoms with Crippen LogP contribution in [0.15, 0.2) is 17.5 Å². The van der Waals surface area contributed by atoms with E-state index in [-0.39, 0.29) is 18.8 Å². The lowest BCUT2D eigenvalue weighted by molar-refractivity contribution is -0.143. The van der Waals surface area contributed by atoms with Crippen molar-refractivity contribution >= 4 is 23.7 Å². The van der Waals surface area contributed by atoms with Crippen LogP contribution in [0.2, 0.25) is 0 Å². The van der Waals surface area contributed by atoms with Gasteiger partial charge in [0.05, 0.1) is 19.0 Å². The number of guanidine groups is 1. The number of carboxylic acid groups (broad SMARTS) is 1. The molecule has 0 bridgehead atoms. The van der Waals surface area contributed by atoms with Crippen molar-refractivity contribution < 1.29 is 24.6 Å². The second-order valence-electron chi connectivity index (χ2n) is 5.98. The zero-order valence-electron chi connectivity index (χ0n) is 15.2. The molecule has 13 heteroatoms. The number of aliphatic imine (C=N–C) groups is 1. The summed E-state index contributed by atoms with van der Waals surface area (Å²) < 4.78 is 0. The molecule has 0 saturated carbocycles. The maximum Gasteiger partial charge on any atom is 0.328 e. The summed E-state index contributed by atoms with van der Waals surface area (Å²) in [5.74, 6) is -2.84. The number of nitrogens with one attached hydrogen (secondary N) is 3. The van der Waals surface area contributed by atoms with E-state index in [1.54, 1.807) is 0 Å². The van der Waals surface area contributed by atoms with E-state index in [1.165, 1.54) is 12.5 Å². The number of nitrogens with two attached hydrogens (primary N) is 3. The summed E-state index contributed by atoms with van der Waals surface area (Å²) >= 11 is 0. The van der Waals surface area contributed by atoms with Gasteiger partial charge in [0.2, 0.25) is 11.8 Å². The molecule has 1 rings (SSSR count). The molecule has 1 heterocycles. The predicted molar refractivity (Wildman–Crippen MR) is 98.8 cm³/mol. The Morgan fingerprint density at radius 3 is 2.43 bits per heavy atom. The minimum Gasteiger partial charge on any atom is -0.480 e. The zero-order valence-corrected chi connectivity index (χ0v) is 15.2. The van der Waals surface area contributed by atoms with Crippen molar-refractivity contribution in [2.75, 3.05) is 13.2 Å². The summed E-state index contributed by atoms with van der Waals surface area (Å²) in [6, 6.07) is -3.54. The molecule has 0 fully saturated rings. The maximum atomic E-state index is 12.4. The van der Waals surface area contributed by atoms with Crippen LogP contribution < -0.4 is 27.8 Å². The first-order valence-corrected chi connectivity index (χ1v) is 8.47. The van der Waals surface area contributed by atoms with Crippen molar-refractivity contribution in [2.24, 2.45) is 22.2 Å². The standard InChI is InChI=1S/C15H26N8O5/c16-9(2-1-3-20-15(17)18)12(25)22-10(4-8-5-19-7-21-8)13(26)23-11(6-24)14(27)28/h5,7,9-11,24H,1-4,6,16H2,(H,19,21)(H,22,25)(H,23,26)(H,27,28)(H4,17,18,20). The highest BCUT2D eigenvalue weighted by Gasteiger charge is 2.28. The molecule has 0 aliphatic heterocycles. The van der Waals surface area contributed by atoms with Crippen LogP contribution in [-0.4, -0.2) is 75.2 Å². The van der Waals surface area contributed by atoms with Gasteiger partial charge in [-0.05, 0) is 12.8 Å². The number of carbonyl (C=O) groups excluding carboxylic acids is 2. The van der Waals surface area contributed by atoms with Gasteiger partial charge in [0, 0.05) is 24.9 Å². The highest BCUT2D eigenvalue weighted by atomic mass is 16.4. The zero-order chi connectivity index (χ0) is 21.1. The number of rotatable bonds is 12. The number of amides is 2. The van der Waals surface area contributed by atoms with Crippen molar-refractivity contribution in [3.63, 3.8) is 0 Å². The number of aliphatic hydroxyl groups is 1. The largest absolute Gasteiger partial charge is 0.480 e. The van der Waals surface area contributed by atoms with Crippen LogP contribution in [0.4, 0.5) is 0 Å². The van der Waals surface area contributed by atoms with Crippen molar-refractivity contribution in [3.8, 4) is 0 Å². The van der Waals surface area contributed by atoms with Crippen LogP contribution in [0.3, 0.4) is 0 Å². The minimum absolute atomic E-state index is 0.0239. The fourth-order valence-electron chi connectivity index (χ4n) is 2.21. The number of carboxylic acids is 1. The highest BCUT2D eigenvalue weighted by molar-refractivity contribution is 5.91. The van der Waals surface area contributed by atoms with E-state index in [9.17, 15) is 14.4 Å². The van der Waals surface area contributed by atoms with Gasteiger partial charge in [-0.25, -0.2) is 9.78 Å². The van der Waals surface area contributed by atoms with Gasteiger partial charge in [0.1, 0.15) is 12.1 Å². The molecule has 3 atom stereocenters. The first kappa shape index (κ1) is 22.9. The summed E-state index contributed by atoms with van der Waals surface area (Å²) in [6.07, 6.45) is 3.61. The molecule has 1 aromatic heterocycles. The number of aromatic nitrogens is 2. The first-order chi connectivity index (χ1) is 13.2. The molecule has 13 nitrogen and oxygen atoms in total. The number of imidazole rings is 1. The molecule has 3 unspecified atom stereocenters. The number of nitrogens with zero attached hydrogens (tertiary/aromatic N) is 2. The molecule has 2 amide bonds. The fourth-order valence-corrected chi connectivity index (χ4v) is 2.21. The average molecular weight is 398 g/mol. The Labute approximate surface area is 160 Å². The summed E-state index contributed by atoms with van der Waals surface area (Å²) in [7, 11) is 0. The van der Waals surface area contributed by atoms with Crippen molar-refractivity contribution in [1.29, 1.82) is 0 Å². The third kappa shape index (κ3) is 8.01. The van der Waals surface area contributed by atoms with Crippen LogP contribution in [-0.2, 0) is 20.8 Å². The molecule has 156 valence electrons. The second kappa shape index (κ2) is 11.5. The van der Waals surface area contributed by atoms with Gasteiger partial charge < -0.3 is 43.0 Å². The number of H-pyrrole nitrogens is 1. The van der Waals surface area contributed by atoms with E-state index in [4.69, 9.17) is 27.4 Å². The van der Waals surface area contributed by atoms with Crippen LogP contribution in [0.25, 0.3) is 0 Å². The lowest BCUT2D eigenvalue weighted by Crippen LogP contribution is -2.55. The van der Waals surface area contributed by atoms with Crippen LogP contribution in [0, 0.1) is 0 Å². The van der Waals surface area contributed by atoms with Gasteiger partial charge in [0.15, 0.2) is 5.96 Å². The Balaban J connectivity index is 2.73. The van der Waals surface area contributed by atoms with Crippen LogP contribution >= 0.6 is 0 Å². The van der Waals surface area contributed by atoms with Gasteiger partial charge in [-0.2, -0.15) is 0 Å². The smallest absolute Gasteiger partial charge is 0.328 e. The Hall–Kier alpha value is -3.19. The van der Waals surface area contributed by atoms with Crippen LogP contribution in [0.1, 0.15) is 18.5 Å². The van der Waals surface area contributed by atoms with Gasteiger partial charge in [-0.3, -0.25) is 14.6 Å². The predicted octanol–water partition coefficient (Wildman–Crippen LogP) is -3.62. The molecule has 28 heavy (non-hydrogen) atoms. The minimum atomic E-state index is -1.50. The van der Waals surface area contributed by atoms with E-state index in [0.29, 0.717) is 18.7 Å². The third-order valence-electron chi connectivity index (χ3n) is 3.71. The van der Waals surface area contributed by atoms with Crippen molar-refractivity contribution in [1.82, 2.24) is 20.6 Å². The Bertz CT molecular complexity index is 674. The Kier molecular flexibility index (Phi) is 9.39. The van der Waals surface area contributed by atoms with Gasteiger partial charge in [0.25, 0.3) is 0 Å². The number of aliphatic hydroxyl groups excluding tert-OH is 1. The number of hydrogen-bond acceptors (Lipinski definition) is 7. The maximum absolute atomic E-state index is 12.4. The number of carbonyl (C=O) groups is 3. The molecular formula is C15H26N8O5. The topological polar surface area (TPSA) is 235 Å². The summed E-state index contributed by atoms with van der Waals surface area (Å²) in [6.45, 7) is -0.492. The number of hydrogen-bond donors (Lipinski definition) is 8. The Morgan fingerprint density at radius 1 is 1.21 bits per heavy atom. The molecule has 0 aliphatic carbocycles. The number of aromatic amines is 1. The molecular weight excluding hydrogens is 372 g/mol. The molecule has 0 aromatic carbocycles. The van der Waals surface area contributed by atoms with Gasteiger partial charge >= 0.3 is 5.97 Å². The van der Waals surface area contributed by atoms with E-state index in [1.807, 2.05) is 0 Å². The summed E-state index contributed by atoms with van der Waals surface area (Å²) in [4.78, 5) is 46.1. The normalized spacial score (nSPS) is 13.8. The first-order valence-electron chi connectivity index (χ1n) is 8.47. The van der Waals surface area contributed by atoms with E-state index in [2.05, 4.69) is 25.6 Å². The lowest BCUT2D eigenvalue weighted by atomic mass is 10.1. The third-order valence-corrected chi connectivity index (χ3v) is 3.71. The molecule has 0 aliphatic rings. The molecule has 0 spiro atoms. The quantitative estimate of drug-likeness (QED) is 0.0983. The van der Waals surface area contributed by atoms with E-state index < -0.39 is 42.5 Å². The molecule has 0 saturated heterocycles. The summed E-state index contributed by atoms with van der Waals surface area (Å²) in [5, 5.41) is 22.7. The Morgan fingerprint density at radius 2 is 1.89 bits per heavy atom. The lowest BCUT2D eigenvalue weighted by Gasteiger charge is -2.22. The fraction of sp³-hybridized carbons (Fsp3) is 0.533. The molecule has 0 radical (unpaired) electrons. The average Bonchev–Trinajstić information content (AvgIpc) is 3.14. The van der Waals surface area contributed by atoms with Gasteiger partial charge in [-0.1, -0.05) is 0 Å². The molecule has 11 N–H and O–H groups in total. The summed E-state index contributed by atoms with van der Waals surface area (Å²) in [5.41, 5.74) is 16.8. The molecule has 1 aromatic rings. The van der Waals surface area contributed by atoms with Crippen molar-refractivity contribution in [2.45, 2.75) is 37.4 Å². The second-order valence-corrected chi connectivity index (χ2v) is 5.98. The highest BCUT2D eigenvalue weighted by Crippen LogP contribution is 2.02. The van der Waals surface area contributed by atoms with E-state index >= 15 is 0 Å². The SMILES string of the molecule is NC(N)=NCCCC(N)C(=O)NC(Cc1cnc[nH]1)C(=O)NC(CO)C(=O)O. The monoisotopic (exact) mass is 398 g/mol. The number of aliphatic carboxylic acids is 1.